The van der Waals surface area contributed by atoms with Crippen LogP contribution in [0, 0.1) is 0 Å². The molecule has 0 saturated heterocycles. The number of nitrogens with one attached hydrogen (secondary N) is 1. The molecule has 1 aromatic rings. The molecule has 0 amide bonds. The van der Waals surface area contributed by atoms with E-state index in [0.717, 1.165) is 13.0 Å². The predicted octanol–water partition coefficient (Wildman–Crippen LogP) is 3.09. The smallest absolute Gasteiger partial charge is 0.0208 e. The number of hydrogen-bond donors (Lipinski definition) is 1. The fraction of sp³-hybridized carbons (Fsp3) is 0.538. The molecular formula is C13H21NS. The molecule has 0 spiro atoms. The van der Waals surface area contributed by atoms with Gasteiger partial charge in [-0.2, -0.15) is 11.8 Å². The lowest BCUT2D eigenvalue weighted by atomic mass is 10.1. The summed E-state index contributed by atoms with van der Waals surface area (Å²) in [6.07, 6.45) is 3.27. The average molecular weight is 223 g/mol. The fourth-order valence-corrected chi connectivity index (χ4v) is 2.11. The maximum absolute atomic E-state index is 3.52. The maximum atomic E-state index is 3.52. The van der Waals surface area contributed by atoms with Gasteiger partial charge in [-0.25, -0.2) is 0 Å². The standard InChI is InChI=1S/C13H21NS/c1-4-12-5-7-13(8-6-12)9-14-11(2)10-15-3/h5-8,11,14H,4,9-10H2,1-3H3. The van der Waals surface area contributed by atoms with Crippen molar-refractivity contribution in [2.24, 2.45) is 0 Å². The van der Waals surface area contributed by atoms with Crippen molar-refractivity contribution in [3.8, 4) is 0 Å². The van der Waals surface area contributed by atoms with Gasteiger partial charge in [0.2, 0.25) is 0 Å². The molecule has 2 heteroatoms. The second-order valence-corrected chi connectivity index (χ2v) is 4.82. The van der Waals surface area contributed by atoms with Gasteiger partial charge in [0.1, 0.15) is 0 Å². The van der Waals surface area contributed by atoms with Crippen molar-refractivity contribution >= 4 is 11.8 Å². The molecule has 0 heterocycles. The Bertz CT molecular complexity index is 268. The van der Waals surface area contributed by atoms with Gasteiger partial charge in [0, 0.05) is 18.3 Å². The molecule has 1 N–H and O–H groups in total. The van der Waals surface area contributed by atoms with Gasteiger partial charge in [-0.3, -0.25) is 0 Å². The summed E-state index contributed by atoms with van der Waals surface area (Å²) in [5.41, 5.74) is 2.79. The molecule has 0 aliphatic carbocycles. The van der Waals surface area contributed by atoms with Gasteiger partial charge in [0.15, 0.2) is 0 Å². The van der Waals surface area contributed by atoms with Crippen molar-refractivity contribution in [2.75, 3.05) is 12.0 Å². The molecule has 0 saturated carbocycles. The molecule has 0 bridgehead atoms. The van der Waals surface area contributed by atoms with Gasteiger partial charge >= 0.3 is 0 Å². The molecule has 84 valence electrons. The third-order valence-corrected chi connectivity index (χ3v) is 3.34. The number of benzene rings is 1. The summed E-state index contributed by atoms with van der Waals surface area (Å²) in [5, 5.41) is 3.52. The minimum atomic E-state index is 0.589. The minimum absolute atomic E-state index is 0.589. The Labute approximate surface area is 97.7 Å². The van der Waals surface area contributed by atoms with E-state index in [1.807, 2.05) is 11.8 Å². The normalized spacial score (nSPS) is 12.7. The zero-order valence-electron chi connectivity index (χ0n) is 9.92. The number of thioether (sulfide) groups is 1. The molecule has 15 heavy (non-hydrogen) atoms. The van der Waals surface area contributed by atoms with Crippen LogP contribution >= 0.6 is 11.8 Å². The van der Waals surface area contributed by atoms with Gasteiger partial charge in [-0.05, 0) is 30.7 Å². The predicted molar refractivity (Wildman–Crippen MR) is 70.5 cm³/mol. The largest absolute Gasteiger partial charge is 0.309 e. The SMILES string of the molecule is CCc1ccc(CNC(C)CSC)cc1. The third-order valence-electron chi connectivity index (χ3n) is 2.50. The van der Waals surface area contributed by atoms with E-state index in [1.165, 1.54) is 16.9 Å². The van der Waals surface area contributed by atoms with E-state index in [1.54, 1.807) is 0 Å². The van der Waals surface area contributed by atoms with Crippen LogP contribution in [0.1, 0.15) is 25.0 Å². The lowest BCUT2D eigenvalue weighted by Gasteiger charge is -2.12. The minimum Gasteiger partial charge on any atom is -0.309 e. The van der Waals surface area contributed by atoms with Crippen LogP contribution in [0.25, 0.3) is 0 Å². The highest BCUT2D eigenvalue weighted by atomic mass is 32.2. The van der Waals surface area contributed by atoms with E-state index in [2.05, 4.69) is 49.7 Å². The summed E-state index contributed by atoms with van der Waals surface area (Å²) in [6.45, 7) is 5.40. The molecule has 0 radical (unpaired) electrons. The van der Waals surface area contributed by atoms with Crippen LogP contribution in [-0.4, -0.2) is 18.1 Å². The first-order valence-electron chi connectivity index (χ1n) is 5.56. The fourth-order valence-electron chi connectivity index (χ4n) is 1.49. The average Bonchev–Trinajstić information content (AvgIpc) is 2.27. The number of aryl methyl sites for hydroxylation is 1. The Morgan fingerprint density at radius 2 is 1.80 bits per heavy atom. The van der Waals surface area contributed by atoms with Gasteiger partial charge in [-0.15, -0.1) is 0 Å². The Morgan fingerprint density at radius 3 is 2.33 bits per heavy atom. The molecule has 0 aliphatic heterocycles. The second kappa shape index (κ2) is 6.91. The summed E-state index contributed by atoms with van der Waals surface area (Å²) in [7, 11) is 0. The van der Waals surface area contributed by atoms with Crippen molar-refractivity contribution in [2.45, 2.75) is 32.9 Å². The molecule has 1 unspecified atom stereocenters. The summed E-state index contributed by atoms with van der Waals surface area (Å²) >= 11 is 1.89. The summed E-state index contributed by atoms with van der Waals surface area (Å²) in [4.78, 5) is 0. The molecular weight excluding hydrogens is 202 g/mol. The first-order chi connectivity index (χ1) is 7.26. The van der Waals surface area contributed by atoms with Crippen LogP contribution in [0.3, 0.4) is 0 Å². The lowest BCUT2D eigenvalue weighted by Crippen LogP contribution is -2.27. The monoisotopic (exact) mass is 223 g/mol. The quantitative estimate of drug-likeness (QED) is 0.795. The van der Waals surface area contributed by atoms with Crippen molar-refractivity contribution in [3.63, 3.8) is 0 Å². The summed E-state index contributed by atoms with van der Waals surface area (Å²) in [5.74, 6) is 1.17. The third kappa shape index (κ3) is 4.72. The van der Waals surface area contributed by atoms with Crippen LogP contribution in [0.5, 0.6) is 0 Å². The Kier molecular flexibility index (Phi) is 5.81. The van der Waals surface area contributed by atoms with Crippen LogP contribution in [0.4, 0.5) is 0 Å². The Hall–Kier alpha value is -0.470. The van der Waals surface area contributed by atoms with Crippen molar-refractivity contribution in [1.29, 1.82) is 0 Å². The van der Waals surface area contributed by atoms with Crippen molar-refractivity contribution < 1.29 is 0 Å². The lowest BCUT2D eigenvalue weighted by molar-refractivity contribution is 0.596. The van der Waals surface area contributed by atoms with Crippen molar-refractivity contribution in [3.05, 3.63) is 35.4 Å². The topological polar surface area (TPSA) is 12.0 Å². The van der Waals surface area contributed by atoms with E-state index < -0.39 is 0 Å². The zero-order chi connectivity index (χ0) is 11.1. The van der Waals surface area contributed by atoms with E-state index in [0.29, 0.717) is 6.04 Å². The molecule has 1 rings (SSSR count). The zero-order valence-corrected chi connectivity index (χ0v) is 10.7. The van der Waals surface area contributed by atoms with Gasteiger partial charge in [0.25, 0.3) is 0 Å². The number of rotatable bonds is 6. The number of hydrogen-bond acceptors (Lipinski definition) is 2. The Morgan fingerprint density at radius 1 is 1.20 bits per heavy atom. The highest BCUT2D eigenvalue weighted by molar-refractivity contribution is 7.98. The van der Waals surface area contributed by atoms with Crippen molar-refractivity contribution in [1.82, 2.24) is 5.32 Å². The Balaban J connectivity index is 2.37. The van der Waals surface area contributed by atoms with Crippen LogP contribution in [0.15, 0.2) is 24.3 Å². The summed E-state index contributed by atoms with van der Waals surface area (Å²) in [6, 6.07) is 9.47. The first-order valence-corrected chi connectivity index (χ1v) is 6.95. The van der Waals surface area contributed by atoms with E-state index in [9.17, 15) is 0 Å². The maximum Gasteiger partial charge on any atom is 0.0208 e. The molecule has 0 aliphatic rings. The molecule has 0 aromatic heterocycles. The molecule has 0 fully saturated rings. The second-order valence-electron chi connectivity index (χ2n) is 3.91. The molecule has 1 atom stereocenters. The van der Waals surface area contributed by atoms with Crippen LogP contribution in [0.2, 0.25) is 0 Å². The van der Waals surface area contributed by atoms with E-state index in [-0.39, 0.29) is 0 Å². The highest BCUT2D eigenvalue weighted by Crippen LogP contribution is 2.05. The van der Waals surface area contributed by atoms with Crippen LogP contribution in [-0.2, 0) is 13.0 Å². The van der Waals surface area contributed by atoms with E-state index in [4.69, 9.17) is 0 Å². The summed E-state index contributed by atoms with van der Waals surface area (Å²) < 4.78 is 0. The van der Waals surface area contributed by atoms with Gasteiger partial charge in [0.05, 0.1) is 0 Å². The van der Waals surface area contributed by atoms with Gasteiger partial charge in [-0.1, -0.05) is 31.2 Å². The molecule has 1 nitrogen and oxygen atoms in total. The van der Waals surface area contributed by atoms with E-state index >= 15 is 0 Å². The van der Waals surface area contributed by atoms with Crippen LogP contribution < -0.4 is 5.32 Å². The van der Waals surface area contributed by atoms with Gasteiger partial charge < -0.3 is 5.32 Å². The highest BCUT2D eigenvalue weighted by Gasteiger charge is 1.99. The molecule has 1 aromatic carbocycles. The first kappa shape index (κ1) is 12.6.